The topological polar surface area (TPSA) is 79.9 Å². The van der Waals surface area contributed by atoms with Crippen LogP contribution in [0.3, 0.4) is 0 Å². The van der Waals surface area contributed by atoms with Crippen molar-refractivity contribution in [1.82, 2.24) is 15.1 Å². The smallest absolute Gasteiger partial charge is 0.254 e. The van der Waals surface area contributed by atoms with E-state index in [0.717, 1.165) is 6.54 Å². The van der Waals surface area contributed by atoms with Crippen LogP contribution in [-0.4, -0.2) is 27.8 Å². The van der Waals surface area contributed by atoms with Crippen molar-refractivity contribution in [2.45, 2.75) is 53.3 Å². The maximum Gasteiger partial charge on any atom is 0.254 e. The molecule has 1 heterocycles. The van der Waals surface area contributed by atoms with Crippen LogP contribution in [0.1, 0.15) is 50.5 Å². The minimum Gasteiger partial charge on any atom is -0.489 e. The summed E-state index contributed by atoms with van der Waals surface area (Å²) < 4.78 is 7.97. The number of hydrogen-bond donors (Lipinski definition) is 1. The standard InChI is InChI=1S/C21H25ClN4O2/c1-6-26-12-14(11-24-26)17(27)25-18-20(2,3)19(21(18,4)5)28-15-8-7-13(10-23)16(22)9-15/h7-9,11-12,18-19H,6H2,1-5H3,(H,25,27). The minimum atomic E-state index is -0.291. The van der Waals surface area contributed by atoms with E-state index in [9.17, 15) is 4.79 Å². The van der Waals surface area contributed by atoms with E-state index in [1.165, 1.54) is 0 Å². The van der Waals surface area contributed by atoms with Gasteiger partial charge < -0.3 is 10.1 Å². The number of aryl methyl sites for hydroxylation is 1. The number of ether oxygens (including phenoxy) is 1. The third-order valence-electron chi connectivity index (χ3n) is 5.65. The van der Waals surface area contributed by atoms with Gasteiger partial charge in [-0.2, -0.15) is 10.4 Å². The van der Waals surface area contributed by atoms with Gasteiger partial charge in [0.2, 0.25) is 0 Å². The molecule has 6 nitrogen and oxygen atoms in total. The lowest BCUT2D eigenvalue weighted by molar-refractivity contribution is -0.164. The number of nitriles is 1. The number of aromatic nitrogens is 2. The van der Waals surface area contributed by atoms with Gasteiger partial charge in [0.15, 0.2) is 0 Å². The summed E-state index contributed by atoms with van der Waals surface area (Å²) in [6.45, 7) is 11.0. The number of benzene rings is 1. The van der Waals surface area contributed by atoms with Crippen LogP contribution in [0.25, 0.3) is 0 Å². The van der Waals surface area contributed by atoms with Gasteiger partial charge in [0.05, 0.1) is 22.3 Å². The zero-order chi connectivity index (χ0) is 20.7. The molecule has 0 radical (unpaired) electrons. The Labute approximate surface area is 170 Å². The summed E-state index contributed by atoms with van der Waals surface area (Å²) in [6, 6.07) is 7.04. The highest BCUT2D eigenvalue weighted by Crippen LogP contribution is 2.55. The van der Waals surface area contributed by atoms with Crippen molar-refractivity contribution < 1.29 is 9.53 Å². The number of hydrogen-bond acceptors (Lipinski definition) is 4. The Balaban J connectivity index is 1.75. The van der Waals surface area contributed by atoms with E-state index < -0.39 is 0 Å². The molecule has 1 aliphatic rings. The first kappa shape index (κ1) is 20.2. The quantitative estimate of drug-likeness (QED) is 0.821. The van der Waals surface area contributed by atoms with Gasteiger partial charge in [0, 0.05) is 35.7 Å². The van der Waals surface area contributed by atoms with Gasteiger partial charge in [-0.05, 0) is 19.1 Å². The lowest BCUT2D eigenvalue weighted by atomic mass is 9.49. The van der Waals surface area contributed by atoms with Crippen LogP contribution >= 0.6 is 11.6 Å². The molecular weight excluding hydrogens is 376 g/mol. The molecule has 1 aliphatic carbocycles. The average molecular weight is 401 g/mol. The zero-order valence-electron chi connectivity index (χ0n) is 16.8. The fraction of sp³-hybridized carbons (Fsp3) is 0.476. The molecule has 7 heteroatoms. The summed E-state index contributed by atoms with van der Waals surface area (Å²) in [5.74, 6) is 0.481. The van der Waals surface area contributed by atoms with Gasteiger partial charge in [-0.3, -0.25) is 9.48 Å². The third-order valence-corrected chi connectivity index (χ3v) is 5.96. The molecule has 1 fully saturated rings. The van der Waals surface area contributed by atoms with Crippen molar-refractivity contribution in [2.75, 3.05) is 0 Å². The summed E-state index contributed by atoms with van der Waals surface area (Å²) >= 11 is 6.13. The highest BCUT2D eigenvalue weighted by Gasteiger charge is 2.64. The van der Waals surface area contributed by atoms with Gasteiger partial charge in [0.1, 0.15) is 17.9 Å². The van der Waals surface area contributed by atoms with Gasteiger partial charge >= 0.3 is 0 Å². The van der Waals surface area contributed by atoms with Crippen LogP contribution in [0.15, 0.2) is 30.6 Å². The Morgan fingerprint density at radius 2 is 2.04 bits per heavy atom. The summed E-state index contributed by atoms with van der Waals surface area (Å²) in [4.78, 5) is 12.7. The lowest BCUT2D eigenvalue weighted by Crippen LogP contribution is -2.74. The van der Waals surface area contributed by atoms with Crippen molar-refractivity contribution in [3.63, 3.8) is 0 Å². The molecule has 0 saturated heterocycles. The highest BCUT2D eigenvalue weighted by molar-refractivity contribution is 6.31. The van der Waals surface area contributed by atoms with E-state index in [-0.39, 0.29) is 28.9 Å². The van der Waals surface area contributed by atoms with Crippen LogP contribution in [0.4, 0.5) is 0 Å². The fourth-order valence-corrected chi connectivity index (χ4v) is 4.68. The Hall–Kier alpha value is -2.52. The number of carbonyl (C=O) groups excluding carboxylic acids is 1. The maximum absolute atomic E-state index is 12.7. The lowest BCUT2D eigenvalue weighted by Gasteiger charge is -2.63. The summed E-state index contributed by atoms with van der Waals surface area (Å²) in [6.07, 6.45) is 3.21. The van der Waals surface area contributed by atoms with E-state index >= 15 is 0 Å². The van der Waals surface area contributed by atoms with Gasteiger partial charge in [0.25, 0.3) is 5.91 Å². The van der Waals surface area contributed by atoms with Crippen LogP contribution in [0.2, 0.25) is 5.02 Å². The van der Waals surface area contributed by atoms with Crippen molar-refractivity contribution in [1.29, 1.82) is 5.26 Å². The number of halogens is 1. The predicted molar refractivity (Wildman–Crippen MR) is 107 cm³/mol. The Morgan fingerprint density at radius 1 is 1.36 bits per heavy atom. The monoisotopic (exact) mass is 400 g/mol. The predicted octanol–water partition coefficient (Wildman–Crippen LogP) is 4.04. The van der Waals surface area contributed by atoms with E-state index in [4.69, 9.17) is 21.6 Å². The molecule has 0 atom stereocenters. The van der Waals surface area contributed by atoms with E-state index in [2.05, 4.69) is 38.1 Å². The Bertz CT molecular complexity index is 926. The fourth-order valence-electron chi connectivity index (χ4n) is 4.46. The molecule has 1 N–H and O–H groups in total. The molecule has 1 saturated carbocycles. The summed E-state index contributed by atoms with van der Waals surface area (Å²) in [5.41, 5.74) is 0.385. The van der Waals surface area contributed by atoms with Gasteiger partial charge in [-0.25, -0.2) is 0 Å². The van der Waals surface area contributed by atoms with E-state index in [1.807, 2.05) is 13.0 Å². The average Bonchev–Trinajstić information content (AvgIpc) is 3.13. The first-order valence-electron chi connectivity index (χ1n) is 9.31. The molecule has 0 spiro atoms. The number of nitrogens with one attached hydrogen (secondary N) is 1. The molecule has 28 heavy (non-hydrogen) atoms. The number of rotatable bonds is 5. The SMILES string of the molecule is CCn1cc(C(=O)NC2C(C)(C)C(Oc3ccc(C#N)c(Cl)c3)C2(C)C)cn1. The number of carbonyl (C=O) groups is 1. The molecule has 148 valence electrons. The second-order valence-corrected chi connectivity index (χ2v) is 8.79. The summed E-state index contributed by atoms with van der Waals surface area (Å²) in [7, 11) is 0. The van der Waals surface area contributed by atoms with Gasteiger partial charge in [-0.1, -0.05) is 39.3 Å². The normalized spacial score (nSPS) is 22.0. The zero-order valence-corrected chi connectivity index (χ0v) is 17.5. The van der Waals surface area contributed by atoms with Crippen LogP contribution in [-0.2, 0) is 6.54 Å². The highest BCUT2D eigenvalue weighted by atomic mass is 35.5. The van der Waals surface area contributed by atoms with Crippen molar-refractivity contribution in [3.05, 3.63) is 46.7 Å². The second-order valence-electron chi connectivity index (χ2n) is 8.39. The number of amides is 1. The van der Waals surface area contributed by atoms with E-state index in [1.54, 1.807) is 35.3 Å². The molecule has 3 rings (SSSR count). The van der Waals surface area contributed by atoms with Gasteiger partial charge in [-0.15, -0.1) is 0 Å². The maximum atomic E-state index is 12.7. The number of nitrogens with zero attached hydrogens (tertiary/aromatic N) is 3. The molecule has 1 aromatic heterocycles. The molecule has 2 aromatic rings. The second kappa shape index (κ2) is 7.14. The molecule has 0 unspecified atom stereocenters. The third kappa shape index (κ3) is 3.35. The molecular formula is C21H25ClN4O2. The minimum absolute atomic E-state index is 0.0728. The Morgan fingerprint density at radius 3 is 2.57 bits per heavy atom. The van der Waals surface area contributed by atoms with Crippen molar-refractivity contribution in [3.8, 4) is 11.8 Å². The first-order chi connectivity index (χ1) is 13.1. The van der Waals surface area contributed by atoms with Crippen LogP contribution in [0, 0.1) is 22.2 Å². The van der Waals surface area contributed by atoms with Crippen molar-refractivity contribution in [2.24, 2.45) is 10.8 Å². The Kier molecular flexibility index (Phi) is 5.16. The molecule has 0 aliphatic heterocycles. The summed E-state index contributed by atoms with van der Waals surface area (Å²) in [5, 5.41) is 16.7. The molecule has 0 bridgehead atoms. The molecule has 1 amide bonds. The van der Waals surface area contributed by atoms with E-state index in [0.29, 0.717) is 21.9 Å². The largest absolute Gasteiger partial charge is 0.489 e. The van der Waals surface area contributed by atoms with Crippen LogP contribution in [0.5, 0.6) is 5.75 Å². The van der Waals surface area contributed by atoms with Crippen LogP contribution < -0.4 is 10.1 Å². The molecule has 1 aromatic carbocycles. The first-order valence-corrected chi connectivity index (χ1v) is 9.68. The van der Waals surface area contributed by atoms with Crippen molar-refractivity contribution >= 4 is 17.5 Å².